The van der Waals surface area contributed by atoms with E-state index in [-0.39, 0.29) is 18.0 Å². The van der Waals surface area contributed by atoms with Crippen LogP contribution in [-0.2, 0) is 11.3 Å². The van der Waals surface area contributed by atoms with Crippen LogP contribution >= 0.6 is 22.7 Å². The summed E-state index contributed by atoms with van der Waals surface area (Å²) in [4.78, 5) is 39.8. The Morgan fingerprint density at radius 3 is 2.83 bits per heavy atom. The first kappa shape index (κ1) is 19.4. The predicted molar refractivity (Wildman–Crippen MR) is 114 cm³/mol. The summed E-state index contributed by atoms with van der Waals surface area (Å²) >= 11 is 3.02. The van der Waals surface area contributed by atoms with E-state index in [2.05, 4.69) is 15.0 Å². The van der Waals surface area contributed by atoms with Crippen molar-refractivity contribution in [1.82, 2.24) is 19.9 Å². The molecule has 0 radical (unpaired) electrons. The number of benzene rings is 1. The molecule has 0 saturated heterocycles. The Balaban J connectivity index is 1.61. The molecule has 0 saturated carbocycles. The van der Waals surface area contributed by atoms with Crippen molar-refractivity contribution in [3.63, 3.8) is 0 Å². The molecule has 0 bridgehead atoms. The van der Waals surface area contributed by atoms with E-state index in [1.54, 1.807) is 46.9 Å². The van der Waals surface area contributed by atoms with E-state index < -0.39 is 0 Å². The van der Waals surface area contributed by atoms with Gasteiger partial charge in [0.25, 0.3) is 11.5 Å². The Morgan fingerprint density at radius 1 is 1.17 bits per heavy atom. The van der Waals surface area contributed by atoms with Crippen LogP contribution in [0, 0.1) is 0 Å². The zero-order valence-corrected chi connectivity index (χ0v) is 17.3. The summed E-state index contributed by atoms with van der Waals surface area (Å²) in [6.45, 7) is 0.886. The van der Waals surface area contributed by atoms with Crippen LogP contribution in [0.4, 0.5) is 0 Å². The summed E-state index contributed by atoms with van der Waals surface area (Å²) < 4.78 is 5.15. The molecule has 4 aromatic rings. The number of carbonyl (C=O) groups excluding carboxylic acids is 1. The number of thiazole rings is 1. The van der Waals surface area contributed by atoms with Crippen molar-refractivity contribution < 1.29 is 9.53 Å². The lowest BCUT2D eigenvalue weighted by Gasteiger charge is -2.21. The number of fused-ring (bicyclic) bond motifs is 1. The van der Waals surface area contributed by atoms with Crippen LogP contribution in [0.5, 0.6) is 0 Å². The van der Waals surface area contributed by atoms with E-state index in [4.69, 9.17) is 4.74 Å². The highest BCUT2D eigenvalue weighted by atomic mass is 32.1. The van der Waals surface area contributed by atoms with Gasteiger partial charge < -0.3 is 14.6 Å². The van der Waals surface area contributed by atoms with Crippen LogP contribution < -0.4 is 5.56 Å². The van der Waals surface area contributed by atoms with Crippen LogP contribution in [-0.4, -0.2) is 46.0 Å². The lowest BCUT2D eigenvalue weighted by molar-refractivity contribution is 0.0670. The minimum atomic E-state index is -0.225. The van der Waals surface area contributed by atoms with Crippen LogP contribution in [0.15, 0.2) is 52.0 Å². The molecule has 0 aliphatic rings. The molecule has 0 aliphatic heterocycles. The number of para-hydroxylation sites is 1. The highest BCUT2D eigenvalue weighted by Crippen LogP contribution is 2.28. The van der Waals surface area contributed by atoms with Gasteiger partial charge in [-0.25, -0.2) is 9.97 Å². The third-order valence-electron chi connectivity index (χ3n) is 4.31. The second-order valence-electron chi connectivity index (χ2n) is 6.26. The quantitative estimate of drug-likeness (QED) is 0.489. The summed E-state index contributed by atoms with van der Waals surface area (Å²) in [7, 11) is 1.58. The SMILES string of the molecule is COCCN(Cc1nc2ccccc2c(=O)[nH]1)C(=O)c1csc(-c2cccs2)n1. The molecule has 1 N–H and O–H groups in total. The molecule has 4 rings (SSSR count). The zero-order valence-electron chi connectivity index (χ0n) is 15.6. The molecular weight excluding hydrogens is 408 g/mol. The van der Waals surface area contributed by atoms with Crippen molar-refractivity contribution in [2.24, 2.45) is 0 Å². The van der Waals surface area contributed by atoms with Crippen molar-refractivity contribution in [2.45, 2.75) is 6.54 Å². The number of hydrogen-bond donors (Lipinski definition) is 1. The number of nitrogens with zero attached hydrogens (tertiary/aromatic N) is 3. The second-order valence-corrected chi connectivity index (χ2v) is 8.07. The highest BCUT2D eigenvalue weighted by molar-refractivity contribution is 7.20. The first-order valence-electron chi connectivity index (χ1n) is 8.91. The topological polar surface area (TPSA) is 88.2 Å². The van der Waals surface area contributed by atoms with Gasteiger partial charge in [-0.2, -0.15) is 0 Å². The van der Waals surface area contributed by atoms with E-state index >= 15 is 0 Å². The van der Waals surface area contributed by atoms with Gasteiger partial charge in [-0.05, 0) is 23.6 Å². The number of methoxy groups -OCH3 is 1. The van der Waals surface area contributed by atoms with Gasteiger partial charge in [0.05, 0.1) is 28.9 Å². The molecule has 0 aliphatic carbocycles. The van der Waals surface area contributed by atoms with Crippen LogP contribution in [0.25, 0.3) is 20.8 Å². The minimum Gasteiger partial charge on any atom is -0.383 e. The number of aromatic amines is 1. The molecule has 0 spiro atoms. The third kappa shape index (κ3) is 4.26. The van der Waals surface area contributed by atoms with E-state index in [0.717, 1.165) is 9.88 Å². The number of hydrogen-bond acceptors (Lipinski definition) is 7. The van der Waals surface area contributed by atoms with Gasteiger partial charge >= 0.3 is 0 Å². The zero-order chi connectivity index (χ0) is 20.2. The van der Waals surface area contributed by atoms with Crippen molar-refractivity contribution in [3.05, 3.63) is 69.0 Å². The number of carbonyl (C=O) groups is 1. The molecule has 9 heteroatoms. The summed E-state index contributed by atoms with van der Waals surface area (Å²) in [6.07, 6.45) is 0. The van der Waals surface area contributed by atoms with E-state index in [9.17, 15) is 9.59 Å². The number of rotatable bonds is 7. The predicted octanol–water partition coefficient (Wildman–Crippen LogP) is 3.40. The Kier molecular flexibility index (Phi) is 5.79. The Bertz CT molecular complexity index is 1180. The standard InChI is InChI=1S/C20H18N4O3S2/c1-27-9-8-24(11-17-21-14-6-3-2-5-13(14)18(25)23-17)20(26)15-12-29-19(22-15)16-7-4-10-28-16/h2-7,10,12H,8-9,11H2,1H3,(H,21,23,25). The van der Waals surface area contributed by atoms with E-state index in [1.807, 2.05) is 23.6 Å². The normalized spacial score (nSPS) is 11.1. The van der Waals surface area contributed by atoms with Crippen LogP contribution in [0.2, 0.25) is 0 Å². The Labute approximate surface area is 174 Å². The van der Waals surface area contributed by atoms with Gasteiger partial charge in [0.1, 0.15) is 16.5 Å². The molecule has 1 amide bonds. The average molecular weight is 427 g/mol. The molecule has 148 valence electrons. The maximum Gasteiger partial charge on any atom is 0.273 e. The summed E-state index contributed by atoms with van der Waals surface area (Å²) in [5.74, 6) is 0.198. The van der Waals surface area contributed by atoms with Crippen LogP contribution in [0.3, 0.4) is 0 Å². The number of amides is 1. The molecule has 0 fully saturated rings. The van der Waals surface area contributed by atoms with Crippen molar-refractivity contribution in [3.8, 4) is 9.88 Å². The number of ether oxygens (including phenoxy) is 1. The monoisotopic (exact) mass is 426 g/mol. The lowest BCUT2D eigenvalue weighted by Crippen LogP contribution is -2.35. The summed E-state index contributed by atoms with van der Waals surface area (Å²) in [5, 5.41) is 5.07. The first-order valence-corrected chi connectivity index (χ1v) is 10.7. The average Bonchev–Trinajstić information content (AvgIpc) is 3.42. The Hall–Kier alpha value is -2.88. The highest BCUT2D eigenvalue weighted by Gasteiger charge is 2.21. The van der Waals surface area contributed by atoms with Crippen LogP contribution in [0.1, 0.15) is 16.3 Å². The maximum atomic E-state index is 13.1. The Morgan fingerprint density at radius 2 is 2.03 bits per heavy atom. The molecular formula is C20H18N4O3S2. The molecule has 3 heterocycles. The molecule has 29 heavy (non-hydrogen) atoms. The van der Waals surface area contributed by atoms with Crippen molar-refractivity contribution in [1.29, 1.82) is 0 Å². The van der Waals surface area contributed by atoms with Gasteiger partial charge in [-0.3, -0.25) is 9.59 Å². The first-order chi connectivity index (χ1) is 14.2. The largest absolute Gasteiger partial charge is 0.383 e. The van der Waals surface area contributed by atoms with Gasteiger partial charge in [-0.15, -0.1) is 22.7 Å². The number of aromatic nitrogens is 3. The number of thiophene rings is 1. The second kappa shape index (κ2) is 8.64. The fraction of sp³-hybridized carbons (Fsp3) is 0.200. The lowest BCUT2D eigenvalue weighted by atomic mass is 10.2. The smallest absolute Gasteiger partial charge is 0.273 e. The van der Waals surface area contributed by atoms with Gasteiger partial charge in [-0.1, -0.05) is 18.2 Å². The molecule has 0 unspecified atom stereocenters. The fourth-order valence-corrected chi connectivity index (χ4v) is 4.50. The maximum absolute atomic E-state index is 13.1. The number of nitrogens with one attached hydrogen (secondary N) is 1. The third-order valence-corrected chi connectivity index (χ3v) is 6.19. The van der Waals surface area contributed by atoms with Gasteiger partial charge in [0.15, 0.2) is 0 Å². The van der Waals surface area contributed by atoms with Crippen molar-refractivity contribution in [2.75, 3.05) is 20.3 Å². The molecule has 0 atom stereocenters. The summed E-state index contributed by atoms with van der Waals surface area (Å²) in [5.41, 5.74) is 0.745. The molecule has 7 nitrogen and oxygen atoms in total. The summed E-state index contributed by atoms with van der Waals surface area (Å²) in [6, 6.07) is 11.1. The minimum absolute atomic E-state index is 0.161. The van der Waals surface area contributed by atoms with Gasteiger partial charge in [0, 0.05) is 19.0 Å². The molecule has 1 aromatic carbocycles. The van der Waals surface area contributed by atoms with Crippen molar-refractivity contribution >= 4 is 39.5 Å². The van der Waals surface area contributed by atoms with E-state index in [1.165, 1.54) is 11.3 Å². The fourth-order valence-electron chi connectivity index (χ4n) is 2.89. The van der Waals surface area contributed by atoms with Gasteiger partial charge in [0.2, 0.25) is 0 Å². The number of H-pyrrole nitrogens is 1. The van der Waals surface area contributed by atoms with E-state index in [0.29, 0.717) is 35.6 Å². The molecule has 3 aromatic heterocycles.